The number of thioether (sulfide) groups is 1. The van der Waals surface area contributed by atoms with Gasteiger partial charge in [0.15, 0.2) is 0 Å². The van der Waals surface area contributed by atoms with Crippen molar-refractivity contribution in [3.8, 4) is 0 Å². The summed E-state index contributed by atoms with van der Waals surface area (Å²) in [5.41, 5.74) is 3.23. The Morgan fingerprint density at radius 2 is 1.97 bits per heavy atom. The molecule has 0 aliphatic carbocycles. The third-order valence-electron chi connectivity index (χ3n) is 5.41. The quantitative estimate of drug-likeness (QED) is 0.399. The largest absolute Gasteiger partial charge is 0.417 e. The molecule has 1 aliphatic heterocycles. The summed E-state index contributed by atoms with van der Waals surface area (Å²) in [5, 5.41) is 4.45. The predicted molar refractivity (Wildman–Crippen MR) is 120 cm³/mol. The van der Waals surface area contributed by atoms with Gasteiger partial charge in [-0.3, -0.25) is 0 Å². The monoisotopic (exact) mass is 450 g/mol. The Labute approximate surface area is 182 Å². The topological polar surface area (TPSA) is 27.8 Å². The van der Waals surface area contributed by atoms with Gasteiger partial charge in [0.2, 0.25) is 0 Å². The molecular weight excluding hydrogens is 429 g/mol. The van der Waals surface area contributed by atoms with Gasteiger partial charge in [-0.05, 0) is 53.5 Å². The molecule has 0 amide bonds. The number of fused-ring (bicyclic) bond motifs is 1. The first-order chi connectivity index (χ1) is 14.4. The van der Waals surface area contributed by atoms with Crippen LogP contribution in [0, 0.1) is 0 Å². The van der Waals surface area contributed by atoms with Gasteiger partial charge >= 0.3 is 6.18 Å². The van der Waals surface area contributed by atoms with E-state index < -0.39 is 11.7 Å². The molecule has 1 aliphatic rings. The summed E-state index contributed by atoms with van der Waals surface area (Å²) < 4.78 is 39.5. The highest BCUT2D eigenvalue weighted by Crippen LogP contribution is 2.37. The molecule has 1 aromatic heterocycles. The van der Waals surface area contributed by atoms with Crippen molar-refractivity contribution in [2.45, 2.75) is 30.8 Å². The molecule has 0 spiro atoms. The molecule has 1 atom stereocenters. The van der Waals surface area contributed by atoms with Crippen molar-refractivity contribution in [2.24, 2.45) is 0 Å². The van der Waals surface area contributed by atoms with Crippen LogP contribution < -0.4 is 5.32 Å². The Morgan fingerprint density at radius 3 is 2.80 bits per heavy atom. The number of alkyl halides is 3. The van der Waals surface area contributed by atoms with Gasteiger partial charge in [0, 0.05) is 35.4 Å². The van der Waals surface area contributed by atoms with Crippen molar-refractivity contribution in [1.82, 2.24) is 10.3 Å². The lowest BCUT2D eigenvalue weighted by Crippen LogP contribution is -2.33. The first-order valence-electron chi connectivity index (χ1n) is 9.84. The van der Waals surface area contributed by atoms with E-state index in [0.29, 0.717) is 18.5 Å². The Hall–Kier alpha value is -1.89. The highest BCUT2D eigenvalue weighted by Gasteiger charge is 2.33. The van der Waals surface area contributed by atoms with Crippen LogP contribution in [-0.4, -0.2) is 23.3 Å². The zero-order chi connectivity index (χ0) is 21.1. The minimum Gasteiger partial charge on any atom is -0.361 e. The molecular formula is C23H22ClF3N2S. The van der Waals surface area contributed by atoms with Crippen molar-refractivity contribution in [3.63, 3.8) is 0 Å². The number of aromatic amines is 1. The van der Waals surface area contributed by atoms with Crippen LogP contribution in [0.1, 0.15) is 29.5 Å². The van der Waals surface area contributed by atoms with Crippen LogP contribution in [-0.2, 0) is 11.9 Å². The number of rotatable bonds is 6. The number of hydrogen-bond acceptors (Lipinski definition) is 2. The van der Waals surface area contributed by atoms with Gasteiger partial charge in [-0.25, -0.2) is 0 Å². The van der Waals surface area contributed by atoms with Gasteiger partial charge in [0.1, 0.15) is 0 Å². The maximum Gasteiger partial charge on any atom is 0.417 e. The van der Waals surface area contributed by atoms with Crippen molar-refractivity contribution in [3.05, 3.63) is 76.5 Å². The molecule has 2 heterocycles. The summed E-state index contributed by atoms with van der Waals surface area (Å²) in [4.78, 5) is 3.30. The molecule has 0 radical (unpaired) electrons. The van der Waals surface area contributed by atoms with Gasteiger partial charge in [-0.1, -0.05) is 41.9 Å². The van der Waals surface area contributed by atoms with E-state index in [1.807, 2.05) is 30.0 Å². The standard InChI is InChI=1S/C23H22ClF3N2S/c24-21-6-5-15(12-20(21)23(25,26)27)16-7-9-28-18(11-16)8-10-30-14-17-13-29-22-4-2-1-3-19(17)22/h1-7,12-13,18,28-29H,8-11,14H2. The van der Waals surface area contributed by atoms with E-state index in [2.05, 4.69) is 28.6 Å². The van der Waals surface area contributed by atoms with Crippen LogP contribution in [0.2, 0.25) is 5.02 Å². The molecule has 30 heavy (non-hydrogen) atoms. The molecule has 2 aromatic carbocycles. The molecule has 2 N–H and O–H groups in total. The van der Waals surface area contributed by atoms with E-state index in [9.17, 15) is 13.2 Å². The molecule has 2 nitrogen and oxygen atoms in total. The third kappa shape index (κ3) is 4.88. The lowest BCUT2D eigenvalue weighted by atomic mass is 9.93. The zero-order valence-electron chi connectivity index (χ0n) is 16.2. The number of hydrogen-bond donors (Lipinski definition) is 2. The fourth-order valence-corrected chi connectivity index (χ4v) is 5.09. The van der Waals surface area contributed by atoms with Crippen molar-refractivity contribution >= 4 is 39.8 Å². The van der Waals surface area contributed by atoms with Crippen LogP contribution in [0.3, 0.4) is 0 Å². The summed E-state index contributed by atoms with van der Waals surface area (Å²) in [6, 6.07) is 12.7. The molecule has 4 rings (SSSR count). The molecule has 7 heteroatoms. The normalized spacial score (nSPS) is 17.3. The number of aromatic nitrogens is 1. The Kier molecular flexibility index (Phi) is 6.46. The van der Waals surface area contributed by atoms with E-state index in [1.165, 1.54) is 23.1 Å². The molecule has 0 saturated carbocycles. The average Bonchev–Trinajstić information content (AvgIpc) is 3.14. The summed E-state index contributed by atoms with van der Waals surface area (Å²) in [6.07, 6.45) is 1.27. The number of benzene rings is 2. The summed E-state index contributed by atoms with van der Waals surface area (Å²) in [7, 11) is 0. The highest BCUT2D eigenvalue weighted by atomic mass is 35.5. The molecule has 0 bridgehead atoms. The smallest absolute Gasteiger partial charge is 0.361 e. The van der Waals surface area contributed by atoms with Crippen LogP contribution in [0.5, 0.6) is 0 Å². The van der Waals surface area contributed by atoms with Crippen molar-refractivity contribution in [2.75, 3.05) is 12.3 Å². The molecule has 1 unspecified atom stereocenters. The highest BCUT2D eigenvalue weighted by molar-refractivity contribution is 7.98. The first-order valence-corrected chi connectivity index (χ1v) is 11.4. The van der Waals surface area contributed by atoms with Crippen molar-refractivity contribution < 1.29 is 13.2 Å². The predicted octanol–water partition coefficient (Wildman–Crippen LogP) is 6.91. The van der Waals surface area contributed by atoms with Crippen molar-refractivity contribution in [1.29, 1.82) is 0 Å². The van der Waals surface area contributed by atoms with Gasteiger partial charge < -0.3 is 10.3 Å². The van der Waals surface area contributed by atoms with Gasteiger partial charge in [0.05, 0.1) is 10.6 Å². The van der Waals surface area contributed by atoms with E-state index in [0.717, 1.165) is 29.0 Å². The molecule has 158 valence electrons. The van der Waals surface area contributed by atoms with E-state index in [4.69, 9.17) is 11.6 Å². The van der Waals surface area contributed by atoms with Gasteiger partial charge in [0.25, 0.3) is 0 Å². The first kappa shape index (κ1) is 21.3. The number of nitrogens with one attached hydrogen (secondary N) is 2. The maximum absolute atomic E-state index is 13.2. The summed E-state index contributed by atoms with van der Waals surface area (Å²) >= 11 is 7.63. The van der Waals surface area contributed by atoms with Crippen LogP contribution in [0.25, 0.3) is 16.5 Å². The molecule has 0 saturated heterocycles. The second kappa shape index (κ2) is 9.08. The minimum absolute atomic E-state index is 0.255. The number of para-hydroxylation sites is 1. The SMILES string of the molecule is FC(F)(F)c1cc(C2=CCNC(CCSCc3c[nH]c4ccccc34)C2)ccc1Cl. The maximum atomic E-state index is 13.2. The second-order valence-corrected chi connectivity index (χ2v) is 8.94. The third-order valence-corrected chi connectivity index (χ3v) is 6.78. The van der Waals surface area contributed by atoms with E-state index in [-0.39, 0.29) is 11.1 Å². The van der Waals surface area contributed by atoms with Crippen LogP contribution in [0.4, 0.5) is 13.2 Å². The Bertz CT molecular complexity index is 1060. The lowest BCUT2D eigenvalue weighted by Gasteiger charge is -2.25. The molecule has 0 fully saturated rings. The number of halogens is 4. The number of H-pyrrole nitrogens is 1. The fraction of sp³-hybridized carbons (Fsp3) is 0.304. The Morgan fingerprint density at radius 1 is 1.13 bits per heavy atom. The van der Waals surface area contributed by atoms with Gasteiger partial charge in [-0.2, -0.15) is 24.9 Å². The minimum atomic E-state index is -4.45. The summed E-state index contributed by atoms with van der Waals surface area (Å²) in [6.45, 7) is 0.664. The Balaban J connectivity index is 1.33. The van der Waals surface area contributed by atoms with E-state index >= 15 is 0 Å². The van der Waals surface area contributed by atoms with E-state index in [1.54, 1.807) is 6.07 Å². The summed E-state index contributed by atoms with van der Waals surface area (Å²) in [5.74, 6) is 1.92. The second-order valence-electron chi connectivity index (χ2n) is 7.43. The average molecular weight is 451 g/mol. The van der Waals surface area contributed by atoms with Gasteiger partial charge in [-0.15, -0.1) is 0 Å². The molecule has 3 aromatic rings. The fourth-order valence-electron chi connectivity index (χ4n) is 3.81. The van der Waals surface area contributed by atoms with Crippen LogP contribution in [0.15, 0.2) is 54.7 Å². The lowest BCUT2D eigenvalue weighted by molar-refractivity contribution is -0.137. The zero-order valence-corrected chi connectivity index (χ0v) is 17.8. The van der Waals surface area contributed by atoms with Crippen LogP contribution >= 0.6 is 23.4 Å².